The summed E-state index contributed by atoms with van der Waals surface area (Å²) in [6.45, 7) is 4.06. The van der Waals surface area contributed by atoms with Crippen molar-refractivity contribution in [3.05, 3.63) is 54.6 Å². The van der Waals surface area contributed by atoms with Gasteiger partial charge in [0.1, 0.15) is 0 Å². The average molecular weight is 350 g/mol. The lowest BCUT2D eigenvalue weighted by Gasteiger charge is -2.09. The van der Waals surface area contributed by atoms with Crippen molar-refractivity contribution in [2.75, 3.05) is 0 Å². The molecule has 17 heavy (non-hydrogen) atoms. The van der Waals surface area contributed by atoms with Crippen LogP contribution in [-0.4, -0.2) is 0 Å². The smallest absolute Gasteiger partial charge is 0.0960 e. The van der Waals surface area contributed by atoms with E-state index in [-0.39, 0.29) is 5.38 Å². The molecule has 1 aromatic carbocycles. The fraction of sp³-hybridized carbons (Fsp3) is 0.231. The molecular weight excluding hydrogens is 339 g/mol. The normalized spacial score (nSPS) is 12.8. The highest BCUT2D eigenvalue weighted by atomic mass is 79.9. The molecule has 2 aromatic rings. The number of thiophene rings is 1. The van der Waals surface area contributed by atoms with Crippen molar-refractivity contribution in [2.45, 2.75) is 19.2 Å². The number of hydrogen-bond donors (Lipinski definition) is 0. The summed E-state index contributed by atoms with van der Waals surface area (Å²) in [5.74, 6) is 0. The third kappa shape index (κ3) is 2.87. The molecule has 0 nitrogen and oxygen atoms in total. The highest BCUT2D eigenvalue weighted by molar-refractivity contribution is 9.10. The van der Waals surface area contributed by atoms with E-state index in [0.717, 1.165) is 24.8 Å². The maximum Gasteiger partial charge on any atom is 0.0960 e. The van der Waals surface area contributed by atoms with E-state index in [1.54, 1.807) is 11.3 Å². The molecule has 0 aliphatic heterocycles. The molecule has 0 fully saturated rings. The second-order valence-corrected chi connectivity index (χ2v) is 6.95. The molecule has 0 amide bonds. The minimum Gasteiger partial charge on any atom is -0.126 e. The van der Waals surface area contributed by atoms with Gasteiger partial charge in [0.25, 0.3) is 0 Å². The number of benzene rings is 1. The Hall–Kier alpha value is -0.0200. The van der Waals surface area contributed by atoms with Gasteiger partial charge in [0, 0.05) is 9.35 Å². The van der Waals surface area contributed by atoms with Gasteiger partial charge in [0.2, 0.25) is 0 Å². The highest BCUT2D eigenvalue weighted by Gasteiger charge is 2.15. The molecule has 1 atom stereocenters. The molecule has 0 radical (unpaired) electrons. The topological polar surface area (TPSA) is 0 Å². The van der Waals surface area contributed by atoms with Gasteiger partial charge in [0.15, 0.2) is 0 Å². The minimum absolute atomic E-state index is 0.127. The summed E-state index contributed by atoms with van der Waals surface area (Å²) >= 11 is 17.6. The molecule has 2 rings (SSSR count). The second kappa shape index (κ2) is 5.31. The van der Waals surface area contributed by atoms with Gasteiger partial charge < -0.3 is 0 Å². The first-order valence-corrected chi connectivity index (χ1v) is 7.57. The van der Waals surface area contributed by atoms with Gasteiger partial charge in [-0.15, -0.1) is 22.9 Å². The lowest BCUT2D eigenvalue weighted by atomic mass is 10.1. The third-order valence-electron chi connectivity index (χ3n) is 2.60. The molecule has 0 bridgehead atoms. The number of hydrogen-bond acceptors (Lipinski definition) is 1. The van der Waals surface area contributed by atoms with E-state index in [2.05, 4.69) is 35.0 Å². The monoisotopic (exact) mass is 348 g/mol. The SMILES string of the molecule is Cc1cc(C(Cl)c2cc(C)c(Cl)s2)ccc1Br. The van der Waals surface area contributed by atoms with E-state index >= 15 is 0 Å². The lowest BCUT2D eigenvalue weighted by Crippen LogP contribution is -1.91. The van der Waals surface area contributed by atoms with Crippen molar-refractivity contribution < 1.29 is 0 Å². The first-order chi connectivity index (χ1) is 7.99. The molecule has 1 heterocycles. The van der Waals surface area contributed by atoms with Gasteiger partial charge >= 0.3 is 0 Å². The zero-order valence-corrected chi connectivity index (χ0v) is 13.3. The molecule has 4 heteroatoms. The maximum absolute atomic E-state index is 6.48. The van der Waals surface area contributed by atoms with E-state index in [1.165, 1.54) is 5.56 Å². The van der Waals surface area contributed by atoms with Crippen molar-refractivity contribution in [3.8, 4) is 0 Å². The van der Waals surface area contributed by atoms with Crippen molar-refractivity contribution in [1.82, 2.24) is 0 Å². The molecule has 0 saturated heterocycles. The van der Waals surface area contributed by atoms with Gasteiger partial charge in [-0.2, -0.15) is 0 Å². The van der Waals surface area contributed by atoms with Gasteiger partial charge in [0.05, 0.1) is 9.71 Å². The average Bonchev–Trinajstić information content (AvgIpc) is 2.62. The summed E-state index contributed by atoms with van der Waals surface area (Å²) in [7, 11) is 0. The first-order valence-electron chi connectivity index (χ1n) is 5.15. The van der Waals surface area contributed by atoms with Crippen molar-refractivity contribution in [3.63, 3.8) is 0 Å². The lowest BCUT2D eigenvalue weighted by molar-refractivity contribution is 1.16. The fourth-order valence-corrected chi connectivity index (χ4v) is 3.40. The molecule has 90 valence electrons. The molecule has 1 aromatic heterocycles. The number of alkyl halides is 1. The summed E-state index contributed by atoms with van der Waals surface area (Å²) < 4.78 is 1.92. The van der Waals surface area contributed by atoms with Crippen LogP contribution in [0.4, 0.5) is 0 Å². The molecule has 0 spiro atoms. The van der Waals surface area contributed by atoms with Gasteiger partial charge in [-0.1, -0.05) is 39.7 Å². The third-order valence-corrected chi connectivity index (χ3v) is 5.73. The van der Waals surface area contributed by atoms with E-state index in [1.807, 2.05) is 19.1 Å². The molecular formula is C13H11BrCl2S. The van der Waals surface area contributed by atoms with E-state index in [0.29, 0.717) is 0 Å². The standard InChI is InChI=1S/C13H11BrCl2S/c1-7-5-9(3-4-10(7)14)12(15)11-6-8(2)13(16)17-11/h3-6,12H,1-2H3. The predicted octanol–water partition coefficient (Wildman–Crippen LogP) is 6.11. The summed E-state index contributed by atoms with van der Waals surface area (Å²) in [6, 6.07) is 8.23. The predicted molar refractivity (Wildman–Crippen MR) is 80.6 cm³/mol. The first kappa shape index (κ1) is 13.4. The Labute approximate surface area is 124 Å². The van der Waals surface area contributed by atoms with Crippen LogP contribution in [0.1, 0.15) is 26.9 Å². The Bertz CT molecular complexity index is 529. The Morgan fingerprint density at radius 3 is 2.41 bits per heavy atom. The van der Waals surface area contributed by atoms with Crippen LogP contribution in [0.3, 0.4) is 0 Å². The largest absolute Gasteiger partial charge is 0.126 e. The van der Waals surface area contributed by atoms with Crippen LogP contribution in [0.25, 0.3) is 0 Å². The highest BCUT2D eigenvalue weighted by Crippen LogP contribution is 2.38. The molecule has 1 unspecified atom stereocenters. The maximum atomic E-state index is 6.48. The van der Waals surface area contributed by atoms with Gasteiger partial charge in [-0.05, 0) is 42.7 Å². The number of rotatable bonds is 2. The van der Waals surface area contributed by atoms with Gasteiger partial charge in [-0.3, -0.25) is 0 Å². The van der Waals surface area contributed by atoms with Crippen LogP contribution < -0.4 is 0 Å². The van der Waals surface area contributed by atoms with Crippen LogP contribution in [0.5, 0.6) is 0 Å². The molecule has 0 aliphatic carbocycles. The van der Waals surface area contributed by atoms with Gasteiger partial charge in [-0.25, -0.2) is 0 Å². The van der Waals surface area contributed by atoms with Crippen LogP contribution >= 0.6 is 50.5 Å². The summed E-state index contributed by atoms with van der Waals surface area (Å²) in [4.78, 5) is 1.09. The second-order valence-electron chi connectivity index (χ2n) is 3.98. The van der Waals surface area contributed by atoms with Crippen LogP contribution in [0.15, 0.2) is 28.7 Å². The number of aryl methyl sites for hydroxylation is 2. The fourth-order valence-electron chi connectivity index (χ4n) is 1.60. The van der Waals surface area contributed by atoms with Crippen LogP contribution in [0, 0.1) is 13.8 Å². The Kier molecular flexibility index (Phi) is 4.19. The summed E-state index contributed by atoms with van der Waals surface area (Å²) in [5.41, 5.74) is 3.38. The Morgan fingerprint density at radius 1 is 1.18 bits per heavy atom. The Balaban J connectivity index is 2.36. The quantitative estimate of drug-likeness (QED) is 0.574. The minimum atomic E-state index is -0.127. The summed E-state index contributed by atoms with van der Waals surface area (Å²) in [6.07, 6.45) is 0. The van der Waals surface area contributed by atoms with Crippen molar-refractivity contribution in [2.24, 2.45) is 0 Å². The van der Waals surface area contributed by atoms with Crippen molar-refractivity contribution in [1.29, 1.82) is 0 Å². The summed E-state index contributed by atoms with van der Waals surface area (Å²) in [5, 5.41) is -0.127. The molecule has 0 aliphatic rings. The number of halogens is 3. The molecule has 0 N–H and O–H groups in total. The van der Waals surface area contributed by atoms with Crippen LogP contribution in [-0.2, 0) is 0 Å². The Morgan fingerprint density at radius 2 is 1.88 bits per heavy atom. The van der Waals surface area contributed by atoms with Crippen molar-refractivity contribution >= 4 is 50.5 Å². The molecule has 0 saturated carbocycles. The zero-order chi connectivity index (χ0) is 12.6. The van der Waals surface area contributed by atoms with E-state index in [9.17, 15) is 0 Å². The van der Waals surface area contributed by atoms with E-state index in [4.69, 9.17) is 23.2 Å². The van der Waals surface area contributed by atoms with Crippen LogP contribution in [0.2, 0.25) is 4.34 Å². The van der Waals surface area contributed by atoms with E-state index < -0.39 is 0 Å². The zero-order valence-electron chi connectivity index (χ0n) is 9.43.